The zero-order valence-electron chi connectivity index (χ0n) is 17.4. The van der Waals surface area contributed by atoms with Gasteiger partial charge in [0.15, 0.2) is 0 Å². The molecule has 2 aromatic carbocycles. The molecular formula is C24H24N2O6. The van der Waals surface area contributed by atoms with Crippen molar-refractivity contribution in [3.63, 3.8) is 0 Å². The van der Waals surface area contributed by atoms with E-state index < -0.39 is 30.2 Å². The minimum Gasteiger partial charge on any atom is -0.460 e. The van der Waals surface area contributed by atoms with Gasteiger partial charge >= 0.3 is 18.1 Å². The van der Waals surface area contributed by atoms with Gasteiger partial charge in [-0.1, -0.05) is 61.2 Å². The van der Waals surface area contributed by atoms with Crippen LogP contribution in [0.1, 0.15) is 23.5 Å². The standard InChI is InChI=1S/C24H24N2O6/c1-2-11-31-22(28)21-12-15(27)13-26(21)23(29)25-24(30)32-14-20-18-9-5-3-7-16(18)17-8-4-6-10-19(17)20/h2-10,15,20-21,27H,1,11-14H2,(H,25,29,30)/t15-,21+/m1/s1. The van der Waals surface area contributed by atoms with Crippen molar-refractivity contribution in [1.29, 1.82) is 0 Å². The van der Waals surface area contributed by atoms with E-state index in [9.17, 15) is 19.5 Å². The van der Waals surface area contributed by atoms with Crippen molar-refractivity contribution in [3.8, 4) is 11.1 Å². The molecule has 0 radical (unpaired) electrons. The normalized spacial score (nSPS) is 19.1. The summed E-state index contributed by atoms with van der Waals surface area (Å²) in [7, 11) is 0. The summed E-state index contributed by atoms with van der Waals surface area (Å²) in [4.78, 5) is 38.2. The Bertz CT molecular complexity index is 1010. The summed E-state index contributed by atoms with van der Waals surface area (Å²) in [6.07, 6.45) is -0.362. The summed E-state index contributed by atoms with van der Waals surface area (Å²) in [5.74, 6) is -0.803. The zero-order valence-corrected chi connectivity index (χ0v) is 17.4. The Morgan fingerprint density at radius 1 is 1.06 bits per heavy atom. The van der Waals surface area contributed by atoms with E-state index in [0.29, 0.717) is 0 Å². The first-order valence-electron chi connectivity index (χ1n) is 10.4. The Morgan fingerprint density at radius 3 is 2.31 bits per heavy atom. The number of hydrogen-bond acceptors (Lipinski definition) is 6. The molecule has 8 heteroatoms. The van der Waals surface area contributed by atoms with E-state index in [-0.39, 0.29) is 32.1 Å². The van der Waals surface area contributed by atoms with Crippen LogP contribution in [0.4, 0.5) is 9.59 Å². The molecule has 2 aliphatic rings. The lowest BCUT2D eigenvalue weighted by molar-refractivity contribution is -0.146. The molecule has 0 spiro atoms. The SMILES string of the molecule is C=CCOC(=O)[C@@H]1C[C@@H](O)CN1C(=O)NC(=O)OCC1c2ccccc2-c2ccccc21. The number of rotatable bonds is 5. The first kappa shape index (κ1) is 21.6. The van der Waals surface area contributed by atoms with E-state index in [4.69, 9.17) is 9.47 Å². The fourth-order valence-corrected chi connectivity index (χ4v) is 4.29. The number of aliphatic hydroxyl groups excluding tert-OH is 1. The molecule has 0 saturated carbocycles. The fourth-order valence-electron chi connectivity index (χ4n) is 4.29. The summed E-state index contributed by atoms with van der Waals surface area (Å²) in [5, 5.41) is 12.0. The summed E-state index contributed by atoms with van der Waals surface area (Å²) in [5.41, 5.74) is 4.31. The minimum atomic E-state index is -0.980. The number of hydrogen-bond donors (Lipinski definition) is 2. The number of fused-ring (bicyclic) bond motifs is 3. The molecule has 1 aliphatic carbocycles. The maximum absolute atomic E-state index is 12.6. The number of nitrogens with zero attached hydrogens (tertiary/aromatic N) is 1. The highest BCUT2D eigenvalue weighted by Crippen LogP contribution is 2.44. The molecule has 2 atom stereocenters. The Hall–Kier alpha value is -3.65. The molecule has 1 heterocycles. The second-order valence-corrected chi connectivity index (χ2v) is 7.73. The van der Waals surface area contributed by atoms with E-state index in [0.717, 1.165) is 27.2 Å². The highest BCUT2D eigenvalue weighted by atomic mass is 16.6. The average Bonchev–Trinajstić information content (AvgIpc) is 3.34. The molecule has 8 nitrogen and oxygen atoms in total. The molecule has 1 aliphatic heterocycles. The predicted octanol–water partition coefficient (Wildman–Crippen LogP) is 2.81. The number of amides is 3. The minimum absolute atomic E-state index is 0.00668. The van der Waals surface area contributed by atoms with Crippen LogP contribution in [-0.2, 0) is 14.3 Å². The quantitative estimate of drug-likeness (QED) is 0.552. The van der Waals surface area contributed by atoms with E-state index in [1.54, 1.807) is 0 Å². The van der Waals surface area contributed by atoms with Gasteiger partial charge in [-0.3, -0.25) is 0 Å². The highest BCUT2D eigenvalue weighted by molar-refractivity contribution is 5.93. The first-order valence-corrected chi connectivity index (χ1v) is 10.4. The molecule has 0 aromatic heterocycles. The van der Waals surface area contributed by atoms with Crippen LogP contribution in [0.15, 0.2) is 61.2 Å². The van der Waals surface area contributed by atoms with Crippen molar-refractivity contribution in [3.05, 3.63) is 72.3 Å². The number of aliphatic hydroxyl groups is 1. The van der Waals surface area contributed by atoms with Gasteiger partial charge in [-0.25, -0.2) is 19.7 Å². The molecular weight excluding hydrogens is 412 g/mol. The summed E-state index contributed by atoms with van der Waals surface area (Å²) in [6, 6.07) is 14.1. The number of benzene rings is 2. The van der Waals surface area contributed by atoms with Crippen molar-refractivity contribution in [1.82, 2.24) is 10.2 Å². The Kier molecular flexibility index (Phi) is 6.23. The van der Waals surface area contributed by atoms with Crippen LogP contribution in [0, 0.1) is 0 Å². The third kappa shape index (κ3) is 4.22. The van der Waals surface area contributed by atoms with Crippen LogP contribution in [0.2, 0.25) is 0 Å². The number of β-amino-alcohol motifs (C(OH)–C–C–N with tert-alkyl or cyclic N) is 1. The van der Waals surface area contributed by atoms with Gasteiger partial charge in [0.25, 0.3) is 0 Å². The number of nitrogens with one attached hydrogen (secondary N) is 1. The van der Waals surface area contributed by atoms with Crippen LogP contribution in [-0.4, -0.2) is 60.0 Å². The van der Waals surface area contributed by atoms with Gasteiger partial charge in [0.2, 0.25) is 0 Å². The Labute approximate surface area is 185 Å². The van der Waals surface area contributed by atoms with Crippen LogP contribution < -0.4 is 5.32 Å². The van der Waals surface area contributed by atoms with Crippen LogP contribution in [0.3, 0.4) is 0 Å². The average molecular weight is 436 g/mol. The number of esters is 1. The third-order valence-corrected chi connectivity index (χ3v) is 5.71. The molecule has 1 fully saturated rings. The topological polar surface area (TPSA) is 105 Å². The lowest BCUT2D eigenvalue weighted by Crippen LogP contribution is -2.48. The second-order valence-electron chi connectivity index (χ2n) is 7.73. The van der Waals surface area contributed by atoms with Crippen molar-refractivity contribution in [2.45, 2.75) is 24.5 Å². The van der Waals surface area contributed by atoms with Gasteiger partial charge in [0.05, 0.1) is 6.10 Å². The highest BCUT2D eigenvalue weighted by Gasteiger charge is 2.40. The van der Waals surface area contributed by atoms with E-state index in [1.165, 1.54) is 6.08 Å². The number of imide groups is 1. The largest absolute Gasteiger partial charge is 0.460 e. The van der Waals surface area contributed by atoms with Crippen molar-refractivity contribution in [2.75, 3.05) is 19.8 Å². The Balaban J connectivity index is 1.38. The lowest BCUT2D eigenvalue weighted by atomic mass is 9.98. The van der Waals surface area contributed by atoms with Gasteiger partial charge in [-0.05, 0) is 22.3 Å². The third-order valence-electron chi connectivity index (χ3n) is 5.71. The predicted molar refractivity (Wildman–Crippen MR) is 116 cm³/mol. The monoisotopic (exact) mass is 436 g/mol. The van der Waals surface area contributed by atoms with E-state index in [2.05, 4.69) is 11.9 Å². The van der Waals surface area contributed by atoms with Gasteiger partial charge in [0.1, 0.15) is 19.3 Å². The molecule has 3 amide bonds. The van der Waals surface area contributed by atoms with Gasteiger partial charge < -0.3 is 19.5 Å². The summed E-state index contributed by atoms with van der Waals surface area (Å²) in [6.45, 7) is 3.43. The molecule has 2 N–H and O–H groups in total. The number of ether oxygens (including phenoxy) is 2. The second kappa shape index (κ2) is 9.23. The van der Waals surface area contributed by atoms with Gasteiger partial charge in [-0.15, -0.1) is 0 Å². The van der Waals surface area contributed by atoms with Crippen LogP contribution >= 0.6 is 0 Å². The lowest BCUT2D eigenvalue weighted by Gasteiger charge is -2.22. The number of urea groups is 1. The molecule has 2 aromatic rings. The van der Waals surface area contributed by atoms with Crippen molar-refractivity contribution < 1.29 is 29.0 Å². The Morgan fingerprint density at radius 2 is 1.69 bits per heavy atom. The van der Waals surface area contributed by atoms with E-state index in [1.807, 2.05) is 48.5 Å². The molecule has 1 saturated heterocycles. The van der Waals surface area contributed by atoms with Gasteiger partial charge in [0, 0.05) is 18.9 Å². The smallest absolute Gasteiger partial charge is 0.415 e. The van der Waals surface area contributed by atoms with Crippen LogP contribution in [0.5, 0.6) is 0 Å². The number of likely N-dealkylation sites (tertiary alicyclic amines) is 1. The molecule has 0 bridgehead atoms. The molecule has 32 heavy (non-hydrogen) atoms. The summed E-state index contributed by atoms with van der Waals surface area (Å²) >= 11 is 0. The van der Waals surface area contributed by atoms with Gasteiger partial charge in [-0.2, -0.15) is 0 Å². The number of alkyl carbamates (subject to hydrolysis) is 1. The molecule has 4 rings (SSSR count). The van der Waals surface area contributed by atoms with Crippen molar-refractivity contribution in [2.24, 2.45) is 0 Å². The van der Waals surface area contributed by atoms with E-state index >= 15 is 0 Å². The fraction of sp³-hybridized carbons (Fsp3) is 0.292. The molecule has 166 valence electrons. The maximum atomic E-state index is 12.6. The molecule has 0 unspecified atom stereocenters. The summed E-state index contributed by atoms with van der Waals surface area (Å²) < 4.78 is 10.4. The number of carbonyl (C=O) groups excluding carboxylic acids is 3. The van der Waals surface area contributed by atoms with Crippen LogP contribution in [0.25, 0.3) is 11.1 Å². The maximum Gasteiger partial charge on any atom is 0.415 e. The van der Waals surface area contributed by atoms with Crippen molar-refractivity contribution >= 4 is 18.1 Å². The first-order chi connectivity index (χ1) is 15.5. The number of carbonyl (C=O) groups is 3. The zero-order chi connectivity index (χ0) is 22.7.